The van der Waals surface area contributed by atoms with Crippen LogP contribution in [0.3, 0.4) is 0 Å². The topological polar surface area (TPSA) is 33.1 Å². The number of aromatic nitrogens is 2. The van der Waals surface area contributed by atoms with Crippen molar-refractivity contribution in [3.05, 3.63) is 40.5 Å². The first-order valence-corrected chi connectivity index (χ1v) is 10.5. The molecule has 0 aliphatic heterocycles. The molecule has 0 aliphatic rings. The lowest BCUT2D eigenvalue weighted by molar-refractivity contribution is 0.430. The van der Waals surface area contributed by atoms with Crippen molar-refractivity contribution in [1.29, 1.82) is 0 Å². The number of anilines is 2. The molecule has 1 aromatic heterocycles. The molecule has 1 unspecified atom stereocenters. The highest BCUT2D eigenvalue weighted by molar-refractivity contribution is 6.33. The van der Waals surface area contributed by atoms with E-state index in [0.717, 1.165) is 42.3 Å². The van der Waals surface area contributed by atoms with Crippen molar-refractivity contribution in [2.75, 3.05) is 31.4 Å². The molecule has 0 amide bonds. The maximum atomic E-state index is 6.78. The van der Waals surface area contributed by atoms with E-state index in [1.165, 1.54) is 11.3 Å². The predicted octanol–water partition coefficient (Wildman–Crippen LogP) is 6.19. The first-order valence-electron chi connectivity index (χ1n) is 10.2. The monoisotopic (exact) mass is 392 g/mol. The van der Waals surface area contributed by atoms with E-state index in [-0.39, 0.29) is 5.41 Å². The van der Waals surface area contributed by atoms with Gasteiger partial charge in [0.15, 0.2) is 0 Å². The van der Waals surface area contributed by atoms with Crippen LogP contribution in [0.2, 0.25) is 5.02 Å². The molecule has 1 heterocycles. The molecular weight excluding hydrogens is 356 g/mol. The summed E-state index contributed by atoms with van der Waals surface area (Å²) in [5, 5.41) is 8.86. The summed E-state index contributed by atoms with van der Waals surface area (Å²) < 4.78 is 1.96. The fraction of sp³-hybridized carbons (Fsp3) is 0.591. The van der Waals surface area contributed by atoms with E-state index in [0.29, 0.717) is 0 Å². The van der Waals surface area contributed by atoms with E-state index in [1.54, 1.807) is 0 Å². The molecule has 152 valence electrons. The predicted molar refractivity (Wildman–Crippen MR) is 121 cm³/mol. The SMILES string of the molecule is CC.CCCC(CC)(c1ccc(N(C)C)cc1)c1nn(CC)c(NC)c1Cl. The second-order valence-corrected chi connectivity index (χ2v) is 7.08. The normalized spacial score (nSPS) is 12.8. The highest BCUT2D eigenvalue weighted by Gasteiger charge is 2.37. The first kappa shape index (κ1) is 23.4. The van der Waals surface area contributed by atoms with Gasteiger partial charge in [-0.3, -0.25) is 0 Å². The lowest BCUT2D eigenvalue weighted by Gasteiger charge is -2.32. The molecule has 0 spiro atoms. The molecule has 4 nitrogen and oxygen atoms in total. The van der Waals surface area contributed by atoms with Crippen LogP contribution in [0.1, 0.15) is 65.1 Å². The molecule has 0 aliphatic carbocycles. The van der Waals surface area contributed by atoms with Crippen molar-refractivity contribution in [3.63, 3.8) is 0 Å². The summed E-state index contributed by atoms with van der Waals surface area (Å²) in [6.07, 6.45) is 3.06. The average molecular weight is 393 g/mol. The van der Waals surface area contributed by atoms with Crippen LogP contribution in [0.4, 0.5) is 11.5 Å². The Hall–Kier alpha value is -1.68. The van der Waals surface area contributed by atoms with Crippen LogP contribution in [0.15, 0.2) is 24.3 Å². The van der Waals surface area contributed by atoms with Crippen LogP contribution in [-0.2, 0) is 12.0 Å². The van der Waals surface area contributed by atoms with Crippen molar-refractivity contribution in [1.82, 2.24) is 9.78 Å². The van der Waals surface area contributed by atoms with Crippen molar-refractivity contribution >= 4 is 23.1 Å². The Kier molecular flexibility index (Phi) is 9.17. The number of nitrogens with zero attached hydrogens (tertiary/aromatic N) is 3. The van der Waals surface area contributed by atoms with Gasteiger partial charge in [0.05, 0.1) is 5.69 Å². The van der Waals surface area contributed by atoms with Gasteiger partial charge in [-0.15, -0.1) is 0 Å². The summed E-state index contributed by atoms with van der Waals surface area (Å²) in [6, 6.07) is 8.82. The number of rotatable bonds is 8. The van der Waals surface area contributed by atoms with E-state index < -0.39 is 0 Å². The van der Waals surface area contributed by atoms with Gasteiger partial charge in [-0.2, -0.15) is 5.10 Å². The van der Waals surface area contributed by atoms with Gasteiger partial charge in [0.25, 0.3) is 0 Å². The maximum absolute atomic E-state index is 6.78. The van der Waals surface area contributed by atoms with E-state index in [9.17, 15) is 0 Å². The van der Waals surface area contributed by atoms with Crippen LogP contribution in [0, 0.1) is 0 Å². The summed E-state index contributed by atoms with van der Waals surface area (Å²) >= 11 is 6.78. The van der Waals surface area contributed by atoms with E-state index in [1.807, 2.05) is 25.6 Å². The average Bonchev–Trinajstić information content (AvgIpc) is 3.03. The van der Waals surface area contributed by atoms with Gasteiger partial charge in [0, 0.05) is 38.8 Å². The second kappa shape index (κ2) is 10.6. The van der Waals surface area contributed by atoms with E-state index in [2.05, 4.69) is 69.3 Å². The molecule has 0 radical (unpaired) electrons. The minimum atomic E-state index is -0.164. The van der Waals surface area contributed by atoms with Crippen LogP contribution in [-0.4, -0.2) is 30.9 Å². The molecule has 2 aromatic rings. The molecule has 0 bridgehead atoms. The van der Waals surface area contributed by atoms with Gasteiger partial charge in [-0.25, -0.2) is 4.68 Å². The molecule has 27 heavy (non-hydrogen) atoms. The molecular formula is C22H37ClN4. The van der Waals surface area contributed by atoms with E-state index in [4.69, 9.17) is 16.7 Å². The largest absolute Gasteiger partial charge is 0.378 e. The summed E-state index contributed by atoms with van der Waals surface area (Å²) in [5.41, 5.74) is 3.31. The third-order valence-corrected chi connectivity index (χ3v) is 5.46. The molecule has 2 rings (SSSR count). The summed E-state index contributed by atoms with van der Waals surface area (Å²) in [4.78, 5) is 2.12. The van der Waals surface area contributed by atoms with Gasteiger partial charge in [-0.1, -0.05) is 57.8 Å². The number of benzene rings is 1. The van der Waals surface area contributed by atoms with Crippen LogP contribution >= 0.6 is 11.6 Å². The first-order chi connectivity index (χ1) is 12.9. The molecule has 1 aromatic carbocycles. The quantitative estimate of drug-likeness (QED) is 0.581. The number of halogens is 1. The Balaban J connectivity index is 0.00000176. The van der Waals surface area contributed by atoms with Gasteiger partial charge < -0.3 is 10.2 Å². The summed E-state index contributed by atoms with van der Waals surface area (Å²) in [7, 11) is 6.03. The number of hydrogen-bond acceptors (Lipinski definition) is 3. The molecule has 0 saturated carbocycles. The Labute approximate surface area is 170 Å². The fourth-order valence-corrected chi connectivity index (χ4v) is 4.08. The highest BCUT2D eigenvalue weighted by Crippen LogP contribution is 2.44. The zero-order chi connectivity index (χ0) is 20.6. The van der Waals surface area contributed by atoms with Crippen LogP contribution in [0.5, 0.6) is 0 Å². The molecule has 5 heteroatoms. The second-order valence-electron chi connectivity index (χ2n) is 6.70. The Morgan fingerprint density at radius 3 is 2.07 bits per heavy atom. The molecule has 1 N–H and O–H groups in total. The third kappa shape index (κ3) is 4.60. The van der Waals surface area contributed by atoms with Gasteiger partial charge in [0.1, 0.15) is 10.8 Å². The van der Waals surface area contributed by atoms with E-state index >= 15 is 0 Å². The van der Waals surface area contributed by atoms with Crippen LogP contribution in [0.25, 0.3) is 0 Å². The zero-order valence-electron chi connectivity index (χ0n) is 18.4. The molecule has 1 atom stereocenters. The lowest BCUT2D eigenvalue weighted by atomic mass is 9.72. The van der Waals surface area contributed by atoms with Gasteiger partial charge >= 0.3 is 0 Å². The van der Waals surface area contributed by atoms with Crippen LogP contribution < -0.4 is 10.2 Å². The highest BCUT2D eigenvalue weighted by atomic mass is 35.5. The Morgan fingerprint density at radius 1 is 1.11 bits per heavy atom. The zero-order valence-corrected chi connectivity index (χ0v) is 19.1. The lowest BCUT2D eigenvalue weighted by Crippen LogP contribution is -2.28. The standard InChI is InChI=1S/C20H31ClN4.C2H6/c1-7-14-20(8-2,15-10-12-16(13-11-15)24(5)6)18-17(21)19(22-4)25(9-3)23-18;1-2/h10-13,22H,7-9,14H2,1-6H3;1-2H3. The minimum absolute atomic E-state index is 0.164. The van der Waals surface area contributed by atoms with Gasteiger partial charge in [0.2, 0.25) is 0 Å². The van der Waals surface area contributed by atoms with Crippen molar-refractivity contribution in [2.24, 2.45) is 0 Å². The summed E-state index contributed by atoms with van der Waals surface area (Å²) in [5.74, 6) is 0.901. The molecule has 0 saturated heterocycles. The third-order valence-electron chi connectivity index (χ3n) is 5.10. The summed E-state index contributed by atoms with van der Waals surface area (Å²) in [6.45, 7) is 11.3. The van der Waals surface area contributed by atoms with Gasteiger partial charge in [-0.05, 0) is 37.5 Å². The minimum Gasteiger partial charge on any atom is -0.378 e. The Bertz CT molecular complexity index is 691. The van der Waals surface area contributed by atoms with Crippen molar-refractivity contribution in [2.45, 2.75) is 65.8 Å². The number of aryl methyl sites for hydroxylation is 1. The number of hydrogen-bond donors (Lipinski definition) is 1. The Morgan fingerprint density at radius 2 is 1.70 bits per heavy atom. The van der Waals surface area contributed by atoms with Crippen molar-refractivity contribution in [3.8, 4) is 0 Å². The fourth-order valence-electron chi connectivity index (χ4n) is 3.67. The molecule has 0 fully saturated rings. The van der Waals surface area contributed by atoms with Crippen molar-refractivity contribution < 1.29 is 0 Å². The number of nitrogens with one attached hydrogen (secondary N) is 1. The smallest absolute Gasteiger partial charge is 0.143 e. The maximum Gasteiger partial charge on any atom is 0.143 e.